The number of amides is 2. The smallest absolute Gasteiger partial charge is 0.317 e. The van der Waals surface area contributed by atoms with E-state index in [1.165, 1.54) is 0 Å². The molecular weight excluding hydrogens is 324 g/mol. The average molecular weight is 350 g/mol. The fraction of sp³-hybridized carbons (Fsp3) is 0.556. The summed E-state index contributed by atoms with van der Waals surface area (Å²) in [4.78, 5) is 24.7. The average Bonchev–Trinajstić information content (AvgIpc) is 2.65. The zero-order valence-corrected chi connectivity index (χ0v) is 14.6. The highest BCUT2D eigenvalue weighted by molar-refractivity contribution is 5.76. The Morgan fingerprint density at radius 1 is 1.32 bits per heavy atom. The quantitative estimate of drug-likeness (QED) is 0.701. The van der Waals surface area contributed by atoms with Gasteiger partial charge >= 0.3 is 12.0 Å². The van der Waals surface area contributed by atoms with Crippen molar-refractivity contribution in [2.45, 2.75) is 25.9 Å². The van der Waals surface area contributed by atoms with Crippen molar-refractivity contribution < 1.29 is 24.2 Å². The first-order chi connectivity index (χ1) is 12.1. The molecule has 1 aliphatic heterocycles. The number of carbonyl (C=O) groups excluding carboxylic acids is 1. The van der Waals surface area contributed by atoms with Crippen LogP contribution in [0.1, 0.15) is 24.8 Å². The van der Waals surface area contributed by atoms with Crippen LogP contribution in [0.3, 0.4) is 0 Å². The predicted molar refractivity (Wildman–Crippen MR) is 92.6 cm³/mol. The standard InChI is InChI=1S/C18H26N2O5/c1-24-16-7-5-14(6-8-16)13-25-11-3-9-19-18(23)20-10-2-4-15(12-20)17(21)22/h5-8,15H,2-4,9-13H2,1H3,(H,19,23)(H,21,22). The highest BCUT2D eigenvalue weighted by atomic mass is 16.5. The second-order valence-corrected chi connectivity index (χ2v) is 6.11. The van der Waals surface area contributed by atoms with Crippen molar-refractivity contribution in [1.82, 2.24) is 10.2 Å². The minimum Gasteiger partial charge on any atom is -0.497 e. The molecule has 1 fully saturated rings. The second-order valence-electron chi connectivity index (χ2n) is 6.11. The van der Waals surface area contributed by atoms with Gasteiger partial charge in [-0.2, -0.15) is 0 Å². The summed E-state index contributed by atoms with van der Waals surface area (Å²) in [6.45, 7) is 2.48. The molecule has 0 bridgehead atoms. The van der Waals surface area contributed by atoms with Crippen molar-refractivity contribution >= 4 is 12.0 Å². The van der Waals surface area contributed by atoms with E-state index in [4.69, 9.17) is 14.6 Å². The number of carboxylic acids is 1. The molecule has 1 atom stereocenters. The highest BCUT2D eigenvalue weighted by Crippen LogP contribution is 2.16. The van der Waals surface area contributed by atoms with E-state index in [0.29, 0.717) is 39.1 Å². The fourth-order valence-corrected chi connectivity index (χ4v) is 2.76. The van der Waals surface area contributed by atoms with E-state index in [0.717, 1.165) is 17.7 Å². The van der Waals surface area contributed by atoms with Crippen LogP contribution < -0.4 is 10.1 Å². The van der Waals surface area contributed by atoms with Crippen molar-refractivity contribution in [3.05, 3.63) is 29.8 Å². The van der Waals surface area contributed by atoms with Crippen LogP contribution in [0.5, 0.6) is 5.75 Å². The number of likely N-dealkylation sites (tertiary alicyclic amines) is 1. The Balaban J connectivity index is 1.57. The Morgan fingerprint density at radius 2 is 2.08 bits per heavy atom. The van der Waals surface area contributed by atoms with E-state index >= 15 is 0 Å². The molecule has 2 rings (SSSR count). The van der Waals surface area contributed by atoms with Crippen LogP contribution in [-0.4, -0.2) is 55.4 Å². The molecule has 1 heterocycles. The van der Waals surface area contributed by atoms with Crippen LogP contribution in [-0.2, 0) is 16.1 Å². The molecule has 2 N–H and O–H groups in total. The largest absolute Gasteiger partial charge is 0.497 e. The number of methoxy groups -OCH3 is 1. The molecule has 0 radical (unpaired) electrons. The monoisotopic (exact) mass is 350 g/mol. The molecule has 0 spiro atoms. The lowest BCUT2D eigenvalue weighted by Crippen LogP contribution is -2.47. The van der Waals surface area contributed by atoms with Crippen LogP contribution in [0, 0.1) is 5.92 Å². The number of nitrogens with one attached hydrogen (secondary N) is 1. The Morgan fingerprint density at radius 3 is 2.76 bits per heavy atom. The summed E-state index contributed by atoms with van der Waals surface area (Å²) in [5.74, 6) is -0.467. The number of carbonyl (C=O) groups is 2. The van der Waals surface area contributed by atoms with Gasteiger partial charge < -0.3 is 24.8 Å². The summed E-state index contributed by atoms with van der Waals surface area (Å²) in [5.41, 5.74) is 1.07. The van der Waals surface area contributed by atoms with Gasteiger partial charge in [0.05, 0.1) is 19.6 Å². The van der Waals surface area contributed by atoms with E-state index in [2.05, 4.69) is 5.32 Å². The van der Waals surface area contributed by atoms with Crippen molar-refractivity contribution in [1.29, 1.82) is 0 Å². The third-order valence-corrected chi connectivity index (χ3v) is 4.23. The van der Waals surface area contributed by atoms with Gasteiger partial charge in [0.1, 0.15) is 5.75 Å². The van der Waals surface area contributed by atoms with Crippen LogP contribution >= 0.6 is 0 Å². The topological polar surface area (TPSA) is 88.1 Å². The van der Waals surface area contributed by atoms with Gasteiger partial charge in [0.25, 0.3) is 0 Å². The number of ether oxygens (including phenoxy) is 2. The SMILES string of the molecule is COc1ccc(COCCCNC(=O)N2CCCC(C(=O)O)C2)cc1. The lowest BCUT2D eigenvalue weighted by molar-refractivity contribution is -0.143. The summed E-state index contributed by atoms with van der Waals surface area (Å²) in [6, 6.07) is 7.50. The van der Waals surface area contributed by atoms with Crippen molar-refractivity contribution in [2.75, 3.05) is 33.4 Å². The zero-order valence-electron chi connectivity index (χ0n) is 14.6. The third kappa shape index (κ3) is 6.26. The molecule has 1 aliphatic rings. The van der Waals surface area contributed by atoms with E-state index < -0.39 is 11.9 Å². The zero-order chi connectivity index (χ0) is 18.1. The predicted octanol–water partition coefficient (Wildman–Crippen LogP) is 2.11. The van der Waals surface area contributed by atoms with E-state index in [-0.39, 0.29) is 12.6 Å². The number of nitrogens with zero attached hydrogens (tertiary/aromatic N) is 1. The number of piperidine rings is 1. The number of carboxylic acid groups (broad SMARTS) is 1. The Hall–Kier alpha value is -2.28. The van der Waals surface area contributed by atoms with Gasteiger partial charge in [0.2, 0.25) is 0 Å². The van der Waals surface area contributed by atoms with Gasteiger partial charge in [-0.15, -0.1) is 0 Å². The maximum absolute atomic E-state index is 12.1. The minimum absolute atomic E-state index is 0.193. The maximum atomic E-state index is 12.1. The summed E-state index contributed by atoms with van der Waals surface area (Å²) < 4.78 is 10.7. The first-order valence-electron chi connectivity index (χ1n) is 8.56. The minimum atomic E-state index is -0.829. The Labute approximate surface area is 147 Å². The number of aliphatic carboxylic acids is 1. The number of urea groups is 1. The Kier molecular flexibility index (Phi) is 7.53. The number of benzene rings is 1. The van der Waals surface area contributed by atoms with Gasteiger partial charge in [0, 0.05) is 26.2 Å². The van der Waals surface area contributed by atoms with E-state index in [9.17, 15) is 9.59 Å². The number of rotatable bonds is 8. The molecule has 138 valence electrons. The molecule has 7 nitrogen and oxygen atoms in total. The van der Waals surface area contributed by atoms with Gasteiger partial charge in [0.15, 0.2) is 0 Å². The van der Waals surface area contributed by atoms with Crippen molar-refractivity contribution in [3.63, 3.8) is 0 Å². The first kappa shape index (κ1) is 19.1. The van der Waals surface area contributed by atoms with Crippen molar-refractivity contribution in [3.8, 4) is 5.75 Å². The maximum Gasteiger partial charge on any atom is 0.317 e. The molecule has 2 amide bonds. The molecule has 0 aliphatic carbocycles. The lowest BCUT2D eigenvalue weighted by atomic mass is 9.99. The highest BCUT2D eigenvalue weighted by Gasteiger charge is 2.27. The normalized spacial score (nSPS) is 17.2. The van der Waals surface area contributed by atoms with Gasteiger partial charge in [-0.05, 0) is 37.0 Å². The summed E-state index contributed by atoms with van der Waals surface area (Å²) in [5, 5.41) is 11.9. The fourth-order valence-electron chi connectivity index (χ4n) is 2.76. The number of hydrogen-bond acceptors (Lipinski definition) is 4. The summed E-state index contributed by atoms with van der Waals surface area (Å²) in [6.07, 6.45) is 2.08. The third-order valence-electron chi connectivity index (χ3n) is 4.23. The van der Waals surface area contributed by atoms with Crippen LogP contribution in [0.15, 0.2) is 24.3 Å². The molecule has 1 unspecified atom stereocenters. The van der Waals surface area contributed by atoms with Crippen molar-refractivity contribution in [2.24, 2.45) is 5.92 Å². The van der Waals surface area contributed by atoms with Crippen LogP contribution in [0.4, 0.5) is 4.79 Å². The molecule has 7 heteroatoms. The van der Waals surface area contributed by atoms with E-state index in [1.54, 1.807) is 12.0 Å². The lowest BCUT2D eigenvalue weighted by Gasteiger charge is -2.30. The molecule has 1 saturated heterocycles. The number of hydrogen-bond donors (Lipinski definition) is 2. The summed E-state index contributed by atoms with van der Waals surface area (Å²) in [7, 11) is 1.63. The van der Waals surface area contributed by atoms with Crippen LogP contribution in [0.2, 0.25) is 0 Å². The molecule has 1 aromatic rings. The van der Waals surface area contributed by atoms with Gasteiger partial charge in [-0.1, -0.05) is 12.1 Å². The van der Waals surface area contributed by atoms with Gasteiger partial charge in [-0.3, -0.25) is 4.79 Å². The molecule has 0 saturated carbocycles. The van der Waals surface area contributed by atoms with Gasteiger partial charge in [-0.25, -0.2) is 4.79 Å². The molecule has 25 heavy (non-hydrogen) atoms. The molecule has 0 aromatic heterocycles. The first-order valence-corrected chi connectivity index (χ1v) is 8.56. The molecular formula is C18H26N2O5. The second kappa shape index (κ2) is 9.88. The van der Waals surface area contributed by atoms with Crippen LogP contribution in [0.25, 0.3) is 0 Å². The Bertz CT molecular complexity index is 561. The molecule has 1 aromatic carbocycles. The summed E-state index contributed by atoms with van der Waals surface area (Å²) >= 11 is 0. The van der Waals surface area contributed by atoms with E-state index in [1.807, 2.05) is 24.3 Å².